The Kier molecular flexibility index (Phi) is 5.27. The van der Waals surface area contributed by atoms with Crippen LogP contribution in [0, 0.1) is 18.3 Å². The van der Waals surface area contributed by atoms with E-state index in [0.717, 1.165) is 43.0 Å². The quantitative estimate of drug-likeness (QED) is 0.606. The molecule has 0 bridgehead atoms. The zero-order valence-corrected chi connectivity index (χ0v) is 15.8. The summed E-state index contributed by atoms with van der Waals surface area (Å²) in [4.78, 5) is 5.17. The van der Waals surface area contributed by atoms with Gasteiger partial charge in [0.1, 0.15) is 22.5 Å². The summed E-state index contributed by atoms with van der Waals surface area (Å²) in [6.07, 6.45) is 3.82. The molecule has 0 saturated heterocycles. The first-order chi connectivity index (χ1) is 12.2. The lowest BCUT2D eigenvalue weighted by Gasteiger charge is -2.10. The Bertz CT molecular complexity index is 944. The van der Waals surface area contributed by atoms with Crippen LogP contribution in [0.1, 0.15) is 10.4 Å². The maximum absolute atomic E-state index is 9.31. The van der Waals surface area contributed by atoms with Gasteiger partial charge >= 0.3 is 0 Å². The maximum atomic E-state index is 9.31. The number of hydrogen-bond donors (Lipinski definition) is 1. The molecule has 0 aliphatic carbocycles. The Labute approximate surface area is 155 Å². The van der Waals surface area contributed by atoms with Crippen LogP contribution in [-0.2, 0) is 0 Å². The second-order valence-electron chi connectivity index (χ2n) is 5.32. The highest BCUT2D eigenvalue weighted by atomic mass is 32.2. The summed E-state index contributed by atoms with van der Waals surface area (Å²) in [7, 11) is 1.65. The fourth-order valence-corrected chi connectivity index (χ4v) is 4.49. The molecule has 0 fully saturated rings. The topological polar surface area (TPSA) is 57.9 Å². The number of nitrogens with zero attached hydrogens (tertiary/aromatic N) is 2. The number of aromatic nitrogens is 1. The van der Waals surface area contributed by atoms with Gasteiger partial charge in [-0.1, -0.05) is 6.07 Å². The van der Waals surface area contributed by atoms with Gasteiger partial charge in [0.15, 0.2) is 0 Å². The number of hydrogen-bond acceptors (Lipinski definition) is 6. The number of methoxy groups -OCH3 is 1. The zero-order chi connectivity index (χ0) is 17.8. The predicted molar refractivity (Wildman–Crippen MR) is 105 cm³/mol. The van der Waals surface area contributed by atoms with Crippen LogP contribution in [0.3, 0.4) is 0 Å². The summed E-state index contributed by atoms with van der Waals surface area (Å²) in [5, 5.41) is 12.6. The van der Waals surface area contributed by atoms with Crippen LogP contribution in [-0.4, -0.2) is 18.3 Å². The Morgan fingerprint density at radius 1 is 1.28 bits per heavy atom. The molecule has 126 valence electrons. The van der Waals surface area contributed by atoms with Crippen LogP contribution in [0.15, 0.2) is 46.8 Å². The number of thiophene rings is 1. The predicted octanol–water partition coefficient (Wildman–Crippen LogP) is 5.46. The molecule has 1 N–H and O–H groups in total. The highest BCUT2D eigenvalue weighted by Crippen LogP contribution is 2.41. The van der Waals surface area contributed by atoms with Crippen LogP contribution in [0.4, 0.5) is 11.5 Å². The summed E-state index contributed by atoms with van der Waals surface area (Å²) >= 11 is 3.21. The third-order valence-corrected chi connectivity index (χ3v) is 6.11. The number of ether oxygens (including phenoxy) is 1. The number of benzene rings is 1. The van der Waals surface area contributed by atoms with Crippen LogP contribution in [0.5, 0.6) is 5.75 Å². The molecule has 2 heterocycles. The summed E-state index contributed by atoms with van der Waals surface area (Å²) in [5.41, 5.74) is 4.11. The maximum Gasteiger partial charge on any atom is 0.130 e. The number of rotatable bonds is 5. The van der Waals surface area contributed by atoms with Crippen molar-refractivity contribution in [2.24, 2.45) is 0 Å². The average molecular weight is 367 g/mol. The molecule has 3 rings (SSSR count). The molecule has 0 radical (unpaired) electrons. The van der Waals surface area contributed by atoms with Gasteiger partial charge in [-0.15, -0.1) is 23.1 Å². The van der Waals surface area contributed by atoms with Crippen molar-refractivity contribution in [1.29, 1.82) is 5.26 Å². The van der Waals surface area contributed by atoms with Crippen molar-refractivity contribution in [1.82, 2.24) is 4.98 Å². The summed E-state index contributed by atoms with van der Waals surface area (Å²) in [5.74, 6) is 1.54. The molecule has 1 aromatic carbocycles. The second kappa shape index (κ2) is 7.60. The Morgan fingerprint density at radius 2 is 2.12 bits per heavy atom. The van der Waals surface area contributed by atoms with E-state index in [-0.39, 0.29) is 0 Å². The van der Waals surface area contributed by atoms with E-state index < -0.39 is 0 Å². The lowest BCUT2D eigenvalue weighted by molar-refractivity contribution is 0.415. The molecule has 0 aliphatic rings. The van der Waals surface area contributed by atoms with Crippen molar-refractivity contribution >= 4 is 34.6 Å². The molecular formula is C19H17N3OS2. The average Bonchev–Trinajstić information content (AvgIpc) is 2.97. The van der Waals surface area contributed by atoms with E-state index in [9.17, 15) is 5.26 Å². The number of anilines is 2. The Morgan fingerprint density at radius 3 is 2.84 bits per heavy atom. The van der Waals surface area contributed by atoms with E-state index >= 15 is 0 Å². The second-order valence-corrected chi connectivity index (χ2v) is 7.42. The molecule has 0 atom stereocenters. The monoisotopic (exact) mass is 367 g/mol. The highest BCUT2D eigenvalue weighted by molar-refractivity contribution is 8.00. The highest BCUT2D eigenvalue weighted by Gasteiger charge is 2.16. The van der Waals surface area contributed by atoms with Gasteiger partial charge in [-0.25, -0.2) is 4.98 Å². The SMILES string of the molecule is COc1cccc(Nc2cc(-c3c(SC)sc(C#N)c3C)ccn2)c1. The van der Waals surface area contributed by atoms with Gasteiger partial charge in [0.2, 0.25) is 0 Å². The first-order valence-corrected chi connectivity index (χ1v) is 9.65. The third-order valence-electron chi connectivity index (χ3n) is 3.79. The van der Waals surface area contributed by atoms with E-state index in [1.807, 2.05) is 49.6 Å². The van der Waals surface area contributed by atoms with Crippen LogP contribution in [0.25, 0.3) is 11.1 Å². The first kappa shape index (κ1) is 17.3. The largest absolute Gasteiger partial charge is 0.497 e. The van der Waals surface area contributed by atoms with Gasteiger partial charge in [0, 0.05) is 23.5 Å². The Hall–Kier alpha value is -2.49. The van der Waals surface area contributed by atoms with Crippen molar-refractivity contribution in [3.05, 3.63) is 53.0 Å². The van der Waals surface area contributed by atoms with E-state index in [1.165, 1.54) is 0 Å². The molecular weight excluding hydrogens is 350 g/mol. The Balaban J connectivity index is 1.97. The van der Waals surface area contributed by atoms with E-state index in [0.29, 0.717) is 0 Å². The lowest BCUT2D eigenvalue weighted by Crippen LogP contribution is -1.94. The van der Waals surface area contributed by atoms with Crippen LogP contribution < -0.4 is 10.1 Å². The van der Waals surface area contributed by atoms with Crippen molar-refractivity contribution in [3.8, 4) is 22.9 Å². The molecule has 25 heavy (non-hydrogen) atoms. The standard InChI is InChI=1S/C19H17N3OS2/c1-12-16(11-20)25-19(24-3)18(12)13-7-8-21-17(9-13)22-14-5-4-6-15(10-14)23-2/h4-10H,1-3H3,(H,21,22). The van der Waals surface area contributed by atoms with E-state index in [1.54, 1.807) is 36.4 Å². The number of pyridine rings is 1. The number of nitriles is 1. The first-order valence-electron chi connectivity index (χ1n) is 7.61. The fraction of sp³-hybridized carbons (Fsp3) is 0.158. The molecule has 0 amide bonds. The number of nitrogens with one attached hydrogen (secondary N) is 1. The summed E-state index contributed by atoms with van der Waals surface area (Å²) < 4.78 is 6.40. The van der Waals surface area contributed by atoms with Gasteiger partial charge in [-0.2, -0.15) is 5.26 Å². The molecule has 2 aromatic heterocycles. The molecule has 6 heteroatoms. The van der Waals surface area contributed by atoms with Crippen molar-refractivity contribution in [3.63, 3.8) is 0 Å². The minimum absolute atomic E-state index is 0.752. The van der Waals surface area contributed by atoms with Gasteiger partial charge < -0.3 is 10.1 Å². The van der Waals surface area contributed by atoms with Gasteiger partial charge in [0.25, 0.3) is 0 Å². The summed E-state index contributed by atoms with van der Waals surface area (Å²) in [6.45, 7) is 2.00. The van der Waals surface area contributed by atoms with Crippen molar-refractivity contribution in [2.45, 2.75) is 11.1 Å². The molecule has 0 spiro atoms. The molecule has 3 aromatic rings. The zero-order valence-electron chi connectivity index (χ0n) is 14.2. The van der Waals surface area contributed by atoms with Crippen LogP contribution in [0.2, 0.25) is 0 Å². The van der Waals surface area contributed by atoms with Gasteiger partial charge in [-0.3, -0.25) is 0 Å². The normalized spacial score (nSPS) is 10.3. The fourth-order valence-electron chi connectivity index (χ4n) is 2.57. The molecule has 0 saturated carbocycles. The van der Waals surface area contributed by atoms with E-state index in [2.05, 4.69) is 16.4 Å². The minimum Gasteiger partial charge on any atom is -0.497 e. The third kappa shape index (κ3) is 3.63. The molecule has 0 aliphatic heterocycles. The van der Waals surface area contributed by atoms with Gasteiger partial charge in [0.05, 0.1) is 11.3 Å². The minimum atomic E-state index is 0.752. The van der Waals surface area contributed by atoms with Crippen LogP contribution >= 0.6 is 23.1 Å². The van der Waals surface area contributed by atoms with Crippen molar-refractivity contribution < 1.29 is 4.74 Å². The van der Waals surface area contributed by atoms with Crippen molar-refractivity contribution in [2.75, 3.05) is 18.7 Å². The van der Waals surface area contributed by atoms with E-state index in [4.69, 9.17) is 4.74 Å². The van der Waals surface area contributed by atoms with Gasteiger partial charge in [-0.05, 0) is 48.6 Å². The lowest BCUT2D eigenvalue weighted by atomic mass is 10.1. The molecule has 4 nitrogen and oxygen atoms in total. The molecule has 0 unspecified atom stereocenters. The smallest absolute Gasteiger partial charge is 0.130 e. The summed E-state index contributed by atoms with van der Waals surface area (Å²) in [6, 6.07) is 14.0. The number of thioether (sulfide) groups is 1.